The van der Waals surface area contributed by atoms with Crippen LogP contribution in [0.1, 0.15) is 71.8 Å². The van der Waals surface area contributed by atoms with Gasteiger partial charge in [0.25, 0.3) is 0 Å². The van der Waals surface area contributed by atoms with Gasteiger partial charge >= 0.3 is 0 Å². The molecule has 1 aromatic rings. The van der Waals surface area contributed by atoms with E-state index in [-0.39, 0.29) is 0 Å². The molecule has 0 fully saturated rings. The number of benzene rings is 1. The number of nitrogens with two attached hydrogens (primary N) is 1. The summed E-state index contributed by atoms with van der Waals surface area (Å²) >= 11 is 0. The quantitative estimate of drug-likeness (QED) is 0.433. The minimum atomic E-state index is 0.491. The van der Waals surface area contributed by atoms with Gasteiger partial charge in [-0.1, -0.05) is 52.5 Å². The van der Waals surface area contributed by atoms with E-state index in [4.69, 9.17) is 5.73 Å². The summed E-state index contributed by atoms with van der Waals surface area (Å²) in [6.07, 6.45) is 8.97. The Morgan fingerprint density at radius 2 is 1.76 bits per heavy atom. The van der Waals surface area contributed by atoms with E-state index in [1.165, 1.54) is 49.8 Å². The fourth-order valence-corrected chi connectivity index (χ4v) is 2.90. The first kappa shape index (κ1) is 17.9. The van der Waals surface area contributed by atoms with E-state index >= 15 is 0 Å². The topological polar surface area (TPSA) is 38.0 Å². The van der Waals surface area contributed by atoms with Gasteiger partial charge in [0.2, 0.25) is 0 Å². The standard InChI is InChI=1S/C19H34N2/c1-5-6-7-8-9-10-17-11-12-18(20)14-19(17)21-16(4)13-15(2)3/h11-12,14-16,21H,5-10,13,20H2,1-4H3. The van der Waals surface area contributed by atoms with Crippen LogP contribution in [0.3, 0.4) is 0 Å². The fraction of sp³-hybridized carbons (Fsp3) is 0.684. The third-order valence-corrected chi connectivity index (χ3v) is 3.91. The second kappa shape index (κ2) is 9.70. The molecular formula is C19H34N2. The van der Waals surface area contributed by atoms with E-state index in [1.807, 2.05) is 6.07 Å². The molecule has 0 aliphatic carbocycles. The number of hydrogen-bond donors (Lipinski definition) is 2. The highest BCUT2D eigenvalue weighted by Gasteiger charge is 2.08. The Morgan fingerprint density at radius 3 is 2.43 bits per heavy atom. The van der Waals surface area contributed by atoms with Crippen LogP contribution in [0.25, 0.3) is 0 Å². The van der Waals surface area contributed by atoms with Crippen molar-refractivity contribution in [2.75, 3.05) is 11.1 Å². The number of rotatable bonds is 10. The van der Waals surface area contributed by atoms with Crippen LogP contribution in [-0.2, 0) is 6.42 Å². The molecule has 2 nitrogen and oxygen atoms in total. The molecular weight excluding hydrogens is 256 g/mol. The summed E-state index contributed by atoms with van der Waals surface area (Å²) in [6, 6.07) is 6.81. The largest absolute Gasteiger partial charge is 0.399 e. The Kier molecular flexibility index (Phi) is 8.26. The van der Waals surface area contributed by atoms with Gasteiger partial charge in [-0.2, -0.15) is 0 Å². The van der Waals surface area contributed by atoms with Crippen molar-refractivity contribution in [3.8, 4) is 0 Å². The number of aryl methyl sites for hydroxylation is 1. The Hall–Kier alpha value is -1.18. The number of anilines is 2. The molecule has 0 saturated carbocycles. The van der Waals surface area contributed by atoms with Crippen molar-refractivity contribution in [1.29, 1.82) is 0 Å². The summed E-state index contributed by atoms with van der Waals surface area (Å²) in [5, 5.41) is 3.65. The van der Waals surface area contributed by atoms with Gasteiger partial charge < -0.3 is 11.1 Å². The third kappa shape index (κ3) is 7.40. The average Bonchev–Trinajstić information content (AvgIpc) is 2.39. The van der Waals surface area contributed by atoms with Crippen LogP contribution in [0.4, 0.5) is 11.4 Å². The molecule has 0 spiro atoms. The Labute approximate surface area is 131 Å². The lowest BCUT2D eigenvalue weighted by Gasteiger charge is -2.20. The minimum Gasteiger partial charge on any atom is -0.399 e. The zero-order valence-electron chi connectivity index (χ0n) is 14.4. The number of hydrogen-bond acceptors (Lipinski definition) is 2. The molecule has 1 unspecified atom stereocenters. The molecule has 2 heteroatoms. The zero-order chi connectivity index (χ0) is 15.7. The molecule has 3 N–H and O–H groups in total. The van der Waals surface area contributed by atoms with Crippen molar-refractivity contribution in [2.45, 2.75) is 78.7 Å². The van der Waals surface area contributed by atoms with Crippen molar-refractivity contribution in [2.24, 2.45) is 5.92 Å². The van der Waals surface area contributed by atoms with Gasteiger partial charge in [-0.25, -0.2) is 0 Å². The van der Waals surface area contributed by atoms with Gasteiger partial charge in [0.05, 0.1) is 0 Å². The molecule has 0 saturated heterocycles. The van der Waals surface area contributed by atoms with E-state index in [1.54, 1.807) is 0 Å². The molecule has 0 amide bonds. The summed E-state index contributed by atoms with van der Waals surface area (Å²) < 4.78 is 0. The Bertz CT molecular complexity index is 399. The fourth-order valence-electron chi connectivity index (χ4n) is 2.90. The highest BCUT2D eigenvalue weighted by Crippen LogP contribution is 2.23. The maximum absolute atomic E-state index is 5.96. The van der Waals surface area contributed by atoms with Crippen LogP contribution in [0.15, 0.2) is 18.2 Å². The molecule has 0 radical (unpaired) electrons. The Balaban J connectivity index is 2.57. The maximum Gasteiger partial charge on any atom is 0.0395 e. The van der Waals surface area contributed by atoms with Crippen LogP contribution in [-0.4, -0.2) is 6.04 Å². The molecule has 120 valence electrons. The van der Waals surface area contributed by atoms with Gasteiger partial charge in [0, 0.05) is 17.4 Å². The normalized spacial score (nSPS) is 12.6. The van der Waals surface area contributed by atoms with E-state index in [0.29, 0.717) is 12.0 Å². The average molecular weight is 290 g/mol. The first-order valence-electron chi connectivity index (χ1n) is 8.67. The van der Waals surface area contributed by atoms with Crippen molar-refractivity contribution in [3.63, 3.8) is 0 Å². The van der Waals surface area contributed by atoms with E-state index < -0.39 is 0 Å². The van der Waals surface area contributed by atoms with Crippen molar-refractivity contribution in [3.05, 3.63) is 23.8 Å². The number of nitrogens with one attached hydrogen (secondary N) is 1. The van der Waals surface area contributed by atoms with Crippen molar-refractivity contribution < 1.29 is 0 Å². The van der Waals surface area contributed by atoms with Crippen LogP contribution >= 0.6 is 0 Å². The van der Waals surface area contributed by atoms with Gasteiger partial charge in [0.1, 0.15) is 0 Å². The molecule has 21 heavy (non-hydrogen) atoms. The Morgan fingerprint density at radius 1 is 1.05 bits per heavy atom. The monoisotopic (exact) mass is 290 g/mol. The molecule has 1 aromatic carbocycles. The summed E-state index contributed by atoms with van der Waals surface area (Å²) in [5.74, 6) is 0.714. The predicted molar refractivity (Wildman–Crippen MR) is 95.9 cm³/mol. The zero-order valence-corrected chi connectivity index (χ0v) is 14.4. The summed E-state index contributed by atoms with van der Waals surface area (Å²) in [4.78, 5) is 0. The molecule has 0 heterocycles. The maximum atomic E-state index is 5.96. The van der Waals surface area contributed by atoms with E-state index in [0.717, 1.165) is 12.1 Å². The molecule has 0 aliphatic rings. The van der Waals surface area contributed by atoms with E-state index in [9.17, 15) is 0 Å². The summed E-state index contributed by atoms with van der Waals surface area (Å²) in [7, 11) is 0. The smallest absolute Gasteiger partial charge is 0.0395 e. The minimum absolute atomic E-state index is 0.491. The predicted octanol–water partition coefficient (Wildman–Crippen LogP) is 5.63. The van der Waals surface area contributed by atoms with Crippen LogP contribution in [0.2, 0.25) is 0 Å². The lowest BCUT2D eigenvalue weighted by Crippen LogP contribution is -2.18. The lowest BCUT2D eigenvalue weighted by atomic mass is 10.0. The van der Waals surface area contributed by atoms with Crippen LogP contribution < -0.4 is 11.1 Å². The molecule has 1 rings (SSSR count). The summed E-state index contributed by atoms with van der Waals surface area (Å²) in [5.41, 5.74) is 9.46. The molecule has 0 bridgehead atoms. The molecule has 0 aliphatic heterocycles. The highest BCUT2D eigenvalue weighted by atomic mass is 14.9. The van der Waals surface area contributed by atoms with Gasteiger partial charge in [-0.05, 0) is 49.8 Å². The number of nitrogen functional groups attached to an aromatic ring is 1. The number of unbranched alkanes of at least 4 members (excludes halogenated alkanes) is 4. The third-order valence-electron chi connectivity index (χ3n) is 3.91. The SMILES string of the molecule is CCCCCCCc1ccc(N)cc1NC(C)CC(C)C. The second-order valence-electron chi connectivity index (χ2n) is 6.76. The van der Waals surface area contributed by atoms with Crippen molar-refractivity contribution >= 4 is 11.4 Å². The first-order chi connectivity index (χ1) is 10.0. The second-order valence-corrected chi connectivity index (χ2v) is 6.76. The molecule has 0 aromatic heterocycles. The first-order valence-corrected chi connectivity index (χ1v) is 8.67. The van der Waals surface area contributed by atoms with Crippen LogP contribution in [0.5, 0.6) is 0 Å². The molecule has 1 atom stereocenters. The van der Waals surface area contributed by atoms with Crippen molar-refractivity contribution in [1.82, 2.24) is 0 Å². The van der Waals surface area contributed by atoms with Gasteiger partial charge in [-0.3, -0.25) is 0 Å². The van der Waals surface area contributed by atoms with Gasteiger partial charge in [-0.15, -0.1) is 0 Å². The lowest BCUT2D eigenvalue weighted by molar-refractivity contribution is 0.539. The highest BCUT2D eigenvalue weighted by molar-refractivity contribution is 5.60. The summed E-state index contributed by atoms with van der Waals surface area (Å²) in [6.45, 7) is 9.06. The van der Waals surface area contributed by atoms with E-state index in [2.05, 4.69) is 45.1 Å². The van der Waals surface area contributed by atoms with Crippen LogP contribution in [0, 0.1) is 5.92 Å². The van der Waals surface area contributed by atoms with Gasteiger partial charge in [0.15, 0.2) is 0 Å².